The summed E-state index contributed by atoms with van der Waals surface area (Å²) in [4.78, 5) is 12.8. The molecule has 9 heteroatoms. The third-order valence-electron chi connectivity index (χ3n) is 4.02. The van der Waals surface area contributed by atoms with Crippen LogP contribution in [0.2, 0.25) is 0 Å². The monoisotopic (exact) mass is 457 g/mol. The summed E-state index contributed by atoms with van der Waals surface area (Å²) in [5.74, 6) is 1.25. The lowest BCUT2D eigenvalue weighted by Crippen LogP contribution is -2.28. The van der Waals surface area contributed by atoms with Crippen molar-refractivity contribution in [3.8, 4) is 16.3 Å². The summed E-state index contributed by atoms with van der Waals surface area (Å²) in [6, 6.07) is 15.3. The van der Waals surface area contributed by atoms with E-state index in [0.717, 1.165) is 31.4 Å². The Balaban J connectivity index is 1.31. The van der Waals surface area contributed by atoms with Crippen molar-refractivity contribution in [2.75, 3.05) is 6.61 Å². The molecule has 0 fully saturated rings. The molecule has 4 aromatic rings. The molecular weight excluding hydrogens is 442 g/mol. The minimum Gasteiger partial charge on any atom is -0.484 e. The Kier molecular flexibility index (Phi) is 5.36. The number of fused-ring (bicyclic) bond motifs is 1. The van der Waals surface area contributed by atoms with E-state index in [0.29, 0.717) is 12.3 Å². The van der Waals surface area contributed by atoms with Gasteiger partial charge >= 0.3 is 0 Å². The van der Waals surface area contributed by atoms with Crippen LogP contribution in [0.1, 0.15) is 11.4 Å². The summed E-state index contributed by atoms with van der Waals surface area (Å²) in [6.07, 6.45) is 0. The van der Waals surface area contributed by atoms with E-state index in [4.69, 9.17) is 4.74 Å². The number of rotatable bonds is 6. The average Bonchev–Trinajstić information content (AvgIpc) is 3.28. The van der Waals surface area contributed by atoms with Crippen molar-refractivity contribution in [1.29, 1.82) is 0 Å². The molecule has 0 aliphatic rings. The Hall–Kier alpha value is -2.78. The minimum atomic E-state index is -0.170. The molecule has 0 saturated heterocycles. The van der Waals surface area contributed by atoms with Crippen LogP contribution in [0, 0.1) is 6.92 Å². The van der Waals surface area contributed by atoms with Crippen LogP contribution in [0.25, 0.3) is 15.5 Å². The van der Waals surface area contributed by atoms with Gasteiger partial charge in [-0.2, -0.15) is 9.61 Å². The molecule has 1 N–H and O–H groups in total. The van der Waals surface area contributed by atoms with Crippen molar-refractivity contribution in [3.63, 3.8) is 0 Å². The number of carbonyl (C=O) groups is 1. The van der Waals surface area contributed by atoms with Crippen molar-refractivity contribution in [2.24, 2.45) is 0 Å². The quantitative estimate of drug-likeness (QED) is 0.478. The van der Waals surface area contributed by atoms with Gasteiger partial charge < -0.3 is 10.1 Å². The number of amides is 1. The fourth-order valence-electron chi connectivity index (χ4n) is 2.53. The third-order valence-corrected chi connectivity index (χ3v) is 5.50. The van der Waals surface area contributed by atoms with Gasteiger partial charge in [0.2, 0.25) is 4.96 Å². The fraction of sp³-hybridized carbons (Fsp3) is 0.158. The second-order valence-corrected chi connectivity index (χ2v) is 7.94. The largest absolute Gasteiger partial charge is 0.484 e. The van der Waals surface area contributed by atoms with Crippen LogP contribution in [0.3, 0.4) is 0 Å². The summed E-state index contributed by atoms with van der Waals surface area (Å²) in [6.45, 7) is 2.29. The van der Waals surface area contributed by atoms with Crippen LogP contribution in [-0.2, 0) is 11.3 Å². The van der Waals surface area contributed by atoms with Crippen molar-refractivity contribution in [3.05, 3.63) is 64.4 Å². The number of halogens is 1. The summed E-state index contributed by atoms with van der Waals surface area (Å²) in [5, 5.41) is 16.3. The van der Waals surface area contributed by atoms with Gasteiger partial charge in [-0.1, -0.05) is 51.5 Å². The number of ether oxygens (including phenoxy) is 1. The SMILES string of the molecule is Cc1nnc2sc(-c3ccc(CNC(=O)COc4ccc(Br)cc4)cc3)nn12. The zero-order valence-corrected chi connectivity index (χ0v) is 17.3. The molecule has 0 spiro atoms. The Morgan fingerprint density at radius 3 is 2.61 bits per heavy atom. The number of carbonyl (C=O) groups excluding carboxylic acids is 1. The highest BCUT2D eigenvalue weighted by molar-refractivity contribution is 9.10. The molecule has 0 atom stereocenters. The highest BCUT2D eigenvalue weighted by atomic mass is 79.9. The predicted molar refractivity (Wildman–Crippen MR) is 110 cm³/mol. The summed E-state index contributed by atoms with van der Waals surface area (Å²) >= 11 is 4.85. The predicted octanol–water partition coefficient (Wildman–Crippen LogP) is 3.62. The number of nitrogens with zero attached hydrogens (tertiary/aromatic N) is 4. The molecule has 0 saturated carbocycles. The first kappa shape index (κ1) is 18.6. The van der Waals surface area contributed by atoms with Crippen LogP contribution in [0.4, 0.5) is 0 Å². The molecule has 4 rings (SSSR count). The van der Waals surface area contributed by atoms with Crippen molar-refractivity contribution >= 4 is 38.1 Å². The van der Waals surface area contributed by atoms with Gasteiger partial charge in [-0.15, -0.1) is 10.2 Å². The normalized spacial score (nSPS) is 10.9. The first-order chi connectivity index (χ1) is 13.6. The molecule has 0 unspecified atom stereocenters. The molecule has 2 aromatic carbocycles. The molecule has 1 amide bonds. The van der Waals surface area contributed by atoms with Crippen LogP contribution in [0.5, 0.6) is 5.75 Å². The lowest BCUT2D eigenvalue weighted by Gasteiger charge is -2.08. The van der Waals surface area contributed by atoms with Gasteiger partial charge in [0.05, 0.1) is 0 Å². The maximum atomic E-state index is 12.0. The summed E-state index contributed by atoms with van der Waals surface area (Å²) < 4.78 is 8.17. The second-order valence-electron chi connectivity index (χ2n) is 6.07. The Bertz CT molecular complexity index is 1110. The summed E-state index contributed by atoms with van der Waals surface area (Å²) in [7, 11) is 0. The van der Waals surface area contributed by atoms with E-state index in [-0.39, 0.29) is 12.5 Å². The molecular formula is C19H16BrN5O2S. The van der Waals surface area contributed by atoms with Gasteiger partial charge in [-0.3, -0.25) is 4.79 Å². The molecule has 0 radical (unpaired) electrons. The highest BCUT2D eigenvalue weighted by Gasteiger charge is 2.10. The van der Waals surface area contributed by atoms with Gasteiger partial charge in [0.25, 0.3) is 5.91 Å². The van der Waals surface area contributed by atoms with Gasteiger partial charge in [0.1, 0.15) is 10.8 Å². The first-order valence-corrected chi connectivity index (χ1v) is 10.1. The molecule has 142 valence electrons. The van der Waals surface area contributed by atoms with Crippen LogP contribution >= 0.6 is 27.3 Å². The summed E-state index contributed by atoms with van der Waals surface area (Å²) in [5.41, 5.74) is 2.00. The van der Waals surface area contributed by atoms with Crippen LogP contribution < -0.4 is 10.1 Å². The van der Waals surface area contributed by atoms with Crippen LogP contribution in [-0.4, -0.2) is 32.3 Å². The number of aryl methyl sites for hydroxylation is 1. The zero-order valence-electron chi connectivity index (χ0n) is 14.9. The average molecular weight is 458 g/mol. The van der Waals surface area contributed by atoms with E-state index in [9.17, 15) is 4.79 Å². The third kappa shape index (κ3) is 4.20. The topological polar surface area (TPSA) is 81.4 Å². The lowest BCUT2D eigenvalue weighted by atomic mass is 10.1. The van der Waals surface area contributed by atoms with E-state index in [2.05, 4.69) is 36.5 Å². The molecule has 2 heterocycles. The zero-order chi connectivity index (χ0) is 19.5. The number of hydrogen-bond donors (Lipinski definition) is 1. The van der Waals surface area contributed by atoms with E-state index in [1.54, 1.807) is 4.52 Å². The highest BCUT2D eigenvalue weighted by Crippen LogP contribution is 2.25. The van der Waals surface area contributed by atoms with Crippen molar-refractivity contribution < 1.29 is 9.53 Å². The molecule has 28 heavy (non-hydrogen) atoms. The van der Waals surface area contributed by atoms with Gasteiger partial charge in [-0.25, -0.2) is 0 Å². The maximum absolute atomic E-state index is 12.0. The number of benzene rings is 2. The number of hydrogen-bond acceptors (Lipinski definition) is 6. The number of nitrogens with one attached hydrogen (secondary N) is 1. The van der Waals surface area contributed by atoms with Gasteiger partial charge in [-0.05, 0) is 36.8 Å². The minimum absolute atomic E-state index is 0.0218. The molecule has 0 bridgehead atoms. The number of aromatic nitrogens is 4. The maximum Gasteiger partial charge on any atom is 0.258 e. The van der Waals surface area contributed by atoms with E-state index >= 15 is 0 Å². The van der Waals surface area contributed by atoms with E-state index in [1.807, 2.05) is 55.5 Å². The molecule has 0 aliphatic heterocycles. The first-order valence-electron chi connectivity index (χ1n) is 8.52. The lowest BCUT2D eigenvalue weighted by molar-refractivity contribution is -0.123. The second kappa shape index (κ2) is 8.07. The smallest absolute Gasteiger partial charge is 0.258 e. The van der Waals surface area contributed by atoms with Gasteiger partial charge in [0, 0.05) is 16.6 Å². The fourth-order valence-corrected chi connectivity index (χ4v) is 3.68. The van der Waals surface area contributed by atoms with E-state index in [1.165, 1.54) is 11.3 Å². The molecule has 0 aliphatic carbocycles. The standard InChI is InChI=1S/C19H16BrN5O2S/c1-12-22-23-19-25(12)24-18(28-19)14-4-2-13(3-5-14)10-21-17(26)11-27-16-8-6-15(20)7-9-16/h2-9H,10-11H2,1H3,(H,21,26). The van der Waals surface area contributed by atoms with E-state index < -0.39 is 0 Å². The van der Waals surface area contributed by atoms with Crippen molar-refractivity contribution in [2.45, 2.75) is 13.5 Å². The van der Waals surface area contributed by atoms with Crippen LogP contribution in [0.15, 0.2) is 53.0 Å². The molecule has 7 nitrogen and oxygen atoms in total. The Morgan fingerprint density at radius 2 is 1.89 bits per heavy atom. The Labute approximate surface area is 173 Å². The molecule has 2 aromatic heterocycles. The Morgan fingerprint density at radius 1 is 1.14 bits per heavy atom. The van der Waals surface area contributed by atoms with Gasteiger partial charge in [0.15, 0.2) is 12.4 Å². The van der Waals surface area contributed by atoms with Crippen molar-refractivity contribution in [1.82, 2.24) is 25.1 Å².